The molecule has 4 rings (SSSR count). The Kier molecular flexibility index (Phi) is 5.48. The molecular weight excluding hydrogens is 350 g/mol. The fourth-order valence-electron chi connectivity index (χ4n) is 3.49. The molecule has 6 heteroatoms. The highest BCUT2D eigenvalue weighted by molar-refractivity contribution is 5.57. The molecule has 0 radical (unpaired) electrons. The maximum Gasteiger partial charge on any atom is 0.163 e. The molecule has 6 nitrogen and oxygen atoms in total. The summed E-state index contributed by atoms with van der Waals surface area (Å²) in [5.41, 5.74) is 3.23. The third-order valence-corrected chi connectivity index (χ3v) is 4.86. The van der Waals surface area contributed by atoms with E-state index >= 15 is 0 Å². The van der Waals surface area contributed by atoms with Gasteiger partial charge in [0.05, 0.1) is 6.26 Å². The van der Waals surface area contributed by atoms with Crippen molar-refractivity contribution >= 4 is 11.9 Å². The standard InChI is InChI=1S/C22H25N5O/c1-17(13-20-6-4-12-28-20)16-26-8-10-27(11-9-26)21-14-18(2)24-22(25-21)19-5-3-7-23-15-19/h3-7,12-15H,8-11,16H2,1-2H3/b17-13+. The molecule has 4 heterocycles. The zero-order chi connectivity index (χ0) is 19.3. The minimum atomic E-state index is 0.739. The van der Waals surface area contributed by atoms with Crippen molar-refractivity contribution in [3.8, 4) is 11.4 Å². The smallest absolute Gasteiger partial charge is 0.163 e. The number of nitrogens with zero attached hydrogens (tertiary/aromatic N) is 5. The van der Waals surface area contributed by atoms with Gasteiger partial charge in [-0.2, -0.15) is 0 Å². The lowest BCUT2D eigenvalue weighted by atomic mass is 10.2. The van der Waals surface area contributed by atoms with E-state index in [1.807, 2.05) is 37.4 Å². The minimum absolute atomic E-state index is 0.739. The summed E-state index contributed by atoms with van der Waals surface area (Å²) in [6.45, 7) is 9.06. The Balaban J connectivity index is 1.40. The first-order chi connectivity index (χ1) is 13.7. The average molecular weight is 375 g/mol. The predicted octanol–water partition coefficient (Wildman–Crippen LogP) is 3.67. The van der Waals surface area contributed by atoms with Crippen LogP contribution in [0.15, 0.2) is 59.0 Å². The van der Waals surface area contributed by atoms with Gasteiger partial charge < -0.3 is 9.32 Å². The molecule has 3 aromatic heterocycles. The van der Waals surface area contributed by atoms with Crippen molar-refractivity contribution < 1.29 is 4.42 Å². The first kappa shape index (κ1) is 18.4. The minimum Gasteiger partial charge on any atom is -0.465 e. The largest absolute Gasteiger partial charge is 0.465 e. The Morgan fingerprint density at radius 2 is 2.00 bits per heavy atom. The highest BCUT2D eigenvalue weighted by Crippen LogP contribution is 2.21. The van der Waals surface area contributed by atoms with Crippen LogP contribution in [0.1, 0.15) is 18.4 Å². The molecule has 3 aromatic rings. The lowest BCUT2D eigenvalue weighted by molar-refractivity contribution is 0.278. The van der Waals surface area contributed by atoms with Gasteiger partial charge >= 0.3 is 0 Å². The van der Waals surface area contributed by atoms with Gasteiger partial charge in [-0.15, -0.1) is 0 Å². The molecule has 0 amide bonds. The molecule has 1 aliphatic rings. The summed E-state index contributed by atoms with van der Waals surface area (Å²) in [5, 5.41) is 0. The SMILES string of the molecule is C/C(=C\c1ccco1)CN1CCN(c2cc(C)nc(-c3cccnc3)n2)CC1. The quantitative estimate of drug-likeness (QED) is 0.678. The van der Waals surface area contributed by atoms with Crippen LogP contribution < -0.4 is 4.90 Å². The van der Waals surface area contributed by atoms with Crippen LogP contribution in [-0.2, 0) is 0 Å². The van der Waals surface area contributed by atoms with Crippen molar-refractivity contribution in [3.05, 3.63) is 66.0 Å². The zero-order valence-corrected chi connectivity index (χ0v) is 16.4. The summed E-state index contributed by atoms with van der Waals surface area (Å²) in [6.07, 6.45) is 7.40. The lowest BCUT2D eigenvalue weighted by Gasteiger charge is -2.35. The summed E-state index contributed by atoms with van der Waals surface area (Å²) in [7, 11) is 0. The normalized spacial score (nSPS) is 15.8. The molecule has 1 fully saturated rings. The van der Waals surface area contributed by atoms with Crippen LogP contribution in [0.4, 0.5) is 5.82 Å². The van der Waals surface area contributed by atoms with Gasteiger partial charge in [-0.05, 0) is 44.2 Å². The maximum atomic E-state index is 5.41. The molecule has 0 aliphatic carbocycles. The molecule has 1 aliphatic heterocycles. The van der Waals surface area contributed by atoms with Gasteiger partial charge in [-0.1, -0.05) is 5.57 Å². The number of anilines is 1. The number of piperazine rings is 1. The molecular formula is C22H25N5O. The van der Waals surface area contributed by atoms with Crippen LogP contribution in [0.25, 0.3) is 17.5 Å². The van der Waals surface area contributed by atoms with E-state index in [9.17, 15) is 0 Å². The van der Waals surface area contributed by atoms with Gasteiger partial charge in [0.2, 0.25) is 0 Å². The number of hydrogen-bond donors (Lipinski definition) is 0. The summed E-state index contributed by atoms with van der Waals surface area (Å²) in [4.78, 5) is 18.4. The number of aryl methyl sites for hydroxylation is 1. The van der Waals surface area contributed by atoms with E-state index in [0.29, 0.717) is 0 Å². The van der Waals surface area contributed by atoms with Crippen LogP contribution in [-0.4, -0.2) is 52.6 Å². The van der Waals surface area contributed by atoms with Crippen LogP contribution in [0, 0.1) is 6.92 Å². The van der Waals surface area contributed by atoms with Gasteiger partial charge in [0.1, 0.15) is 11.6 Å². The second kappa shape index (κ2) is 8.35. The Morgan fingerprint density at radius 3 is 2.71 bits per heavy atom. The zero-order valence-electron chi connectivity index (χ0n) is 16.4. The monoisotopic (exact) mass is 375 g/mol. The molecule has 144 valence electrons. The highest BCUT2D eigenvalue weighted by atomic mass is 16.3. The lowest BCUT2D eigenvalue weighted by Crippen LogP contribution is -2.47. The summed E-state index contributed by atoms with van der Waals surface area (Å²) in [6, 6.07) is 9.88. The van der Waals surface area contributed by atoms with E-state index in [-0.39, 0.29) is 0 Å². The van der Waals surface area contributed by atoms with E-state index in [2.05, 4.69) is 38.8 Å². The number of aromatic nitrogens is 3. The summed E-state index contributed by atoms with van der Waals surface area (Å²) < 4.78 is 5.41. The predicted molar refractivity (Wildman–Crippen MR) is 111 cm³/mol. The van der Waals surface area contributed by atoms with Crippen LogP contribution in [0.3, 0.4) is 0 Å². The third kappa shape index (κ3) is 4.46. The molecule has 28 heavy (non-hydrogen) atoms. The number of hydrogen-bond acceptors (Lipinski definition) is 6. The fourth-order valence-corrected chi connectivity index (χ4v) is 3.49. The highest BCUT2D eigenvalue weighted by Gasteiger charge is 2.19. The average Bonchev–Trinajstić information content (AvgIpc) is 3.21. The summed E-state index contributed by atoms with van der Waals surface area (Å²) in [5.74, 6) is 2.65. The Labute approximate surface area is 165 Å². The molecule has 0 unspecified atom stereocenters. The van der Waals surface area contributed by atoms with Gasteiger partial charge in [0.25, 0.3) is 0 Å². The van der Waals surface area contributed by atoms with Crippen molar-refractivity contribution in [2.45, 2.75) is 13.8 Å². The van der Waals surface area contributed by atoms with Gasteiger partial charge in [-0.25, -0.2) is 9.97 Å². The van der Waals surface area contributed by atoms with Crippen LogP contribution >= 0.6 is 0 Å². The van der Waals surface area contributed by atoms with Crippen LogP contribution in [0.5, 0.6) is 0 Å². The van der Waals surface area contributed by atoms with Gasteiger partial charge in [0.15, 0.2) is 5.82 Å². The fraction of sp³-hybridized carbons (Fsp3) is 0.318. The van der Waals surface area contributed by atoms with Crippen molar-refractivity contribution in [2.75, 3.05) is 37.6 Å². The van der Waals surface area contributed by atoms with Crippen molar-refractivity contribution in [1.82, 2.24) is 19.9 Å². The second-order valence-electron chi connectivity index (χ2n) is 7.20. The van der Waals surface area contributed by atoms with Gasteiger partial charge in [-0.3, -0.25) is 9.88 Å². The Bertz CT molecular complexity index is 929. The van der Waals surface area contributed by atoms with E-state index in [1.165, 1.54) is 5.57 Å². The topological polar surface area (TPSA) is 58.3 Å². The molecule has 0 N–H and O–H groups in total. The molecule has 0 aromatic carbocycles. The molecule has 0 atom stereocenters. The van der Waals surface area contributed by atoms with E-state index in [1.54, 1.807) is 12.5 Å². The van der Waals surface area contributed by atoms with E-state index < -0.39 is 0 Å². The Hall–Kier alpha value is -2.99. The summed E-state index contributed by atoms with van der Waals surface area (Å²) >= 11 is 0. The van der Waals surface area contributed by atoms with Crippen molar-refractivity contribution in [2.24, 2.45) is 0 Å². The van der Waals surface area contributed by atoms with Crippen molar-refractivity contribution in [1.29, 1.82) is 0 Å². The number of pyridine rings is 1. The molecule has 0 spiro atoms. The second-order valence-corrected chi connectivity index (χ2v) is 7.20. The maximum absolute atomic E-state index is 5.41. The van der Waals surface area contributed by atoms with Crippen LogP contribution in [0.2, 0.25) is 0 Å². The third-order valence-electron chi connectivity index (χ3n) is 4.86. The first-order valence-corrected chi connectivity index (χ1v) is 9.61. The molecule has 0 bridgehead atoms. The first-order valence-electron chi connectivity index (χ1n) is 9.61. The van der Waals surface area contributed by atoms with E-state index in [4.69, 9.17) is 9.40 Å². The Morgan fingerprint density at radius 1 is 1.14 bits per heavy atom. The van der Waals surface area contributed by atoms with E-state index in [0.717, 1.165) is 61.4 Å². The van der Waals surface area contributed by atoms with Crippen molar-refractivity contribution in [3.63, 3.8) is 0 Å². The van der Waals surface area contributed by atoms with Gasteiger partial charge in [0, 0.05) is 62.4 Å². The number of rotatable bonds is 5. The molecule has 0 saturated carbocycles. The number of furan rings is 1. The molecule has 1 saturated heterocycles.